The summed E-state index contributed by atoms with van der Waals surface area (Å²) >= 11 is 2.23. The summed E-state index contributed by atoms with van der Waals surface area (Å²) in [5.74, 6) is 1.30. The van der Waals surface area contributed by atoms with Crippen molar-refractivity contribution in [1.29, 1.82) is 0 Å². The van der Waals surface area contributed by atoms with Crippen molar-refractivity contribution in [3.63, 3.8) is 0 Å². The third-order valence-electron chi connectivity index (χ3n) is 3.05. The maximum absolute atomic E-state index is 5.99. The molecule has 0 fully saturated rings. The number of nitrogens with two attached hydrogens (primary N) is 1. The summed E-state index contributed by atoms with van der Waals surface area (Å²) in [6.45, 7) is 4.29. The topological polar surface area (TPSA) is 51.8 Å². The molecule has 0 bridgehead atoms. The summed E-state index contributed by atoms with van der Waals surface area (Å²) in [6, 6.07) is 8.37. The van der Waals surface area contributed by atoms with Crippen LogP contribution in [-0.2, 0) is 12.8 Å². The number of anilines is 1. The van der Waals surface area contributed by atoms with Gasteiger partial charge in [0.25, 0.3) is 0 Å². The molecule has 0 spiro atoms. The van der Waals surface area contributed by atoms with Crippen molar-refractivity contribution < 1.29 is 0 Å². The van der Waals surface area contributed by atoms with Gasteiger partial charge in [0.15, 0.2) is 5.82 Å². The molecule has 0 unspecified atom stereocenters. The minimum absolute atomic E-state index is 0.577. The highest BCUT2D eigenvalue weighted by atomic mass is 127. The van der Waals surface area contributed by atoms with Crippen LogP contribution in [0.2, 0.25) is 0 Å². The van der Waals surface area contributed by atoms with Gasteiger partial charge in [-0.3, -0.25) is 0 Å². The molecule has 100 valence electrons. The second-order valence-electron chi connectivity index (χ2n) is 4.49. The number of rotatable bonds is 4. The van der Waals surface area contributed by atoms with Gasteiger partial charge in [-0.2, -0.15) is 0 Å². The van der Waals surface area contributed by atoms with Gasteiger partial charge in [0.1, 0.15) is 5.82 Å². The van der Waals surface area contributed by atoms with Crippen LogP contribution in [0.15, 0.2) is 24.3 Å². The van der Waals surface area contributed by atoms with E-state index in [1.807, 2.05) is 0 Å². The van der Waals surface area contributed by atoms with Crippen LogP contribution in [0, 0.1) is 3.57 Å². The van der Waals surface area contributed by atoms with Gasteiger partial charge in [0.05, 0.1) is 9.26 Å². The van der Waals surface area contributed by atoms with Crippen molar-refractivity contribution in [2.45, 2.75) is 33.1 Å². The molecule has 0 radical (unpaired) electrons. The van der Waals surface area contributed by atoms with Crippen LogP contribution in [-0.4, -0.2) is 9.97 Å². The molecule has 1 aromatic carbocycles. The van der Waals surface area contributed by atoms with Gasteiger partial charge < -0.3 is 5.73 Å². The Morgan fingerprint density at radius 2 is 1.79 bits per heavy atom. The lowest BCUT2D eigenvalue weighted by Crippen LogP contribution is -2.05. The first-order valence-electron chi connectivity index (χ1n) is 6.56. The molecular weight excluding hydrogens is 349 g/mol. The Labute approximate surface area is 127 Å². The summed E-state index contributed by atoms with van der Waals surface area (Å²) in [7, 11) is 0. The van der Waals surface area contributed by atoms with E-state index in [2.05, 4.69) is 70.7 Å². The molecule has 0 aliphatic heterocycles. The summed E-state index contributed by atoms with van der Waals surface area (Å²) in [4.78, 5) is 9.05. The van der Waals surface area contributed by atoms with Gasteiger partial charge in [0, 0.05) is 5.56 Å². The molecule has 1 heterocycles. The van der Waals surface area contributed by atoms with Gasteiger partial charge in [0.2, 0.25) is 0 Å². The van der Waals surface area contributed by atoms with E-state index in [1.54, 1.807) is 0 Å². The lowest BCUT2D eigenvalue weighted by molar-refractivity contribution is 0.869. The minimum atomic E-state index is 0.577. The zero-order valence-corrected chi connectivity index (χ0v) is 13.4. The summed E-state index contributed by atoms with van der Waals surface area (Å²) in [5, 5.41) is 0. The van der Waals surface area contributed by atoms with Crippen LogP contribution in [0.4, 0.5) is 5.82 Å². The van der Waals surface area contributed by atoms with Crippen molar-refractivity contribution in [3.8, 4) is 11.4 Å². The second kappa shape index (κ2) is 6.32. The monoisotopic (exact) mass is 367 g/mol. The summed E-state index contributed by atoms with van der Waals surface area (Å²) in [6.07, 6.45) is 3.03. The third-order valence-corrected chi connectivity index (χ3v) is 4.23. The highest BCUT2D eigenvalue weighted by molar-refractivity contribution is 14.1. The zero-order chi connectivity index (χ0) is 13.8. The van der Waals surface area contributed by atoms with Crippen LogP contribution in [0.3, 0.4) is 0 Å². The number of aromatic nitrogens is 2. The fourth-order valence-corrected chi connectivity index (χ4v) is 2.44. The molecule has 0 saturated carbocycles. The van der Waals surface area contributed by atoms with Crippen molar-refractivity contribution in [1.82, 2.24) is 9.97 Å². The van der Waals surface area contributed by atoms with Crippen molar-refractivity contribution in [2.24, 2.45) is 0 Å². The Bertz CT molecular complexity index is 564. The fourth-order valence-electron chi connectivity index (χ4n) is 1.93. The van der Waals surface area contributed by atoms with Gasteiger partial charge in [-0.1, -0.05) is 44.5 Å². The van der Waals surface area contributed by atoms with Crippen LogP contribution in [0.25, 0.3) is 11.4 Å². The van der Waals surface area contributed by atoms with Gasteiger partial charge >= 0.3 is 0 Å². The number of aryl methyl sites for hydroxylation is 2. The Balaban J connectivity index is 2.43. The predicted octanol–water partition coefficient (Wildman–Crippen LogP) is 3.85. The van der Waals surface area contributed by atoms with Crippen LogP contribution in [0.5, 0.6) is 0 Å². The summed E-state index contributed by atoms with van der Waals surface area (Å²) < 4.78 is 0.980. The van der Waals surface area contributed by atoms with E-state index >= 15 is 0 Å². The van der Waals surface area contributed by atoms with E-state index in [1.165, 1.54) is 5.56 Å². The molecule has 0 aliphatic rings. The quantitative estimate of drug-likeness (QED) is 0.836. The Morgan fingerprint density at radius 3 is 2.37 bits per heavy atom. The van der Waals surface area contributed by atoms with Crippen molar-refractivity contribution in [2.75, 3.05) is 5.73 Å². The minimum Gasteiger partial charge on any atom is -0.383 e. The standard InChI is InChI=1S/C15H18IN3/c1-3-5-12-13(16)14(17)19-15(18-12)11-8-6-10(4-2)7-9-11/h6-9H,3-5H2,1-2H3,(H2,17,18,19). The molecule has 2 N–H and O–H groups in total. The highest BCUT2D eigenvalue weighted by Gasteiger charge is 2.10. The van der Waals surface area contributed by atoms with Crippen molar-refractivity contribution in [3.05, 3.63) is 39.1 Å². The molecule has 19 heavy (non-hydrogen) atoms. The second-order valence-corrected chi connectivity index (χ2v) is 5.57. The molecule has 1 aromatic heterocycles. The van der Waals surface area contributed by atoms with Gasteiger partial charge in [-0.15, -0.1) is 0 Å². The average molecular weight is 367 g/mol. The largest absolute Gasteiger partial charge is 0.383 e. The smallest absolute Gasteiger partial charge is 0.161 e. The Hall–Kier alpha value is -1.17. The van der Waals surface area contributed by atoms with E-state index in [0.717, 1.165) is 39.9 Å². The molecule has 0 saturated heterocycles. The lowest BCUT2D eigenvalue weighted by Gasteiger charge is -2.08. The van der Waals surface area contributed by atoms with E-state index in [0.29, 0.717) is 5.82 Å². The molecule has 0 amide bonds. The average Bonchev–Trinajstić information content (AvgIpc) is 2.44. The summed E-state index contributed by atoms with van der Waals surface area (Å²) in [5.41, 5.74) is 9.37. The molecule has 4 heteroatoms. The number of hydrogen-bond acceptors (Lipinski definition) is 3. The Morgan fingerprint density at radius 1 is 1.11 bits per heavy atom. The van der Waals surface area contributed by atoms with Crippen LogP contribution in [0.1, 0.15) is 31.5 Å². The SMILES string of the molecule is CCCc1nc(-c2ccc(CC)cc2)nc(N)c1I. The Kier molecular flexibility index (Phi) is 4.74. The number of hydrogen-bond donors (Lipinski definition) is 1. The van der Waals surface area contributed by atoms with E-state index in [9.17, 15) is 0 Å². The molecular formula is C15H18IN3. The first-order valence-corrected chi connectivity index (χ1v) is 7.64. The van der Waals surface area contributed by atoms with Gasteiger partial charge in [-0.25, -0.2) is 9.97 Å². The molecule has 3 nitrogen and oxygen atoms in total. The zero-order valence-electron chi connectivity index (χ0n) is 11.3. The first kappa shape index (κ1) is 14.2. The molecule has 0 aliphatic carbocycles. The maximum atomic E-state index is 5.99. The normalized spacial score (nSPS) is 10.7. The molecule has 0 atom stereocenters. The number of halogens is 1. The van der Waals surface area contributed by atoms with E-state index < -0.39 is 0 Å². The number of nitrogens with zero attached hydrogens (tertiary/aromatic N) is 2. The molecule has 2 rings (SSSR count). The fraction of sp³-hybridized carbons (Fsp3) is 0.333. The van der Waals surface area contributed by atoms with E-state index in [-0.39, 0.29) is 0 Å². The van der Waals surface area contributed by atoms with Gasteiger partial charge in [-0.05, 0) is 41.0 Å². The lowest BCUT2D eigenvalue weighted by atomic mass is 10.1. The first-order chi connectivity index (χ1) is 9.15. The highest BCUT2D eigenvalue weighted by Crippen LogP contribution is 2.23. The van der Waals surface area contributed by atoms with E-state index in [4.69, 9.17) is 5.73 Å². The maximum Gasteiger partial charge on any atom is 0.161 e. The number of nitrogen functional groups attached to an aromatic ring is 1. The molecule has 2 aromatic rings. The van der Waals surface area contributed by atoms with Crippen LogP contribution < -0.4 is 5.73 Å². The van der Waals surface area contributed by atoms with Crippen LogP contribution >= 0.6 is 22.6 Å². The third kappa shape index (κ3) is 3.23. The van der Waals surface area contributed by atoms with Crippen molar-refractivity contribution >= 4 is 28.4 Å². The predicted molar refractivity (Wildman–Crippen MR) is 88.0 cm³/mol. The number of benzene rings is 1.